The Balaban J connectivity index is 2.20. The topological polar surface area (TPSA) is 54.0 Å². The lowest BCUT2D eigenvalue weighted by molar-refractivity contribution is -0.120. The standard InChI is InChI=1S/C11H16FN3O/c1-2-6-14-11(16)5-7-13-10-4-3-9(12)8-15-10/h3-4,8H,2,5-7H2,1H3,(H,13,15)(H,14,16). The molecule has 0 aliphatic rings. The minimum Gasteiger partial charge on any atom is -0.370 e. The molecule has 0 aliphatic heterocycles. The summed E-state index contributed by atoms with van der Waals surface area (Å²) in [5, 5.41) is 5.71. The molecule has 0 saturated carbocycles. The van der Waals surface area contributed by atoms with Crippen LogP contribution in [0.2, 0.25) is 0 Å². The first-order chi connectivity index (χ1) is 7.72. The maximum absolute atomic E-state index is 12.5. The van der Waals surface area contributed by atoms with E-state index in [9.17, 15) is 9.18 Å². The van der Waals surface area contributed by atoms with Crippen LogP contribution in [0.15, 0.2) is 18.3 Å². The molecule has 0 radical (unpaired) electrons. The molecule has 0 spiro atoms. The zero-order valence-electron chi connectivity index (χ0n) is 9.29. The smallest absolute Gasteiger partial charge is 0.221 e. The predicted octanol–water partition coefficient (Wildman–Crippen LogP) is 1.55. The van der Waals surface area contributed by atoms with Crippen molar-refractivity contribution in [2.24, 2.45) is 0 Å². The van der Waals surface area contributed by atoms with Gasteiger partial charge in [-0.2, -0.15) is 0 Å². The highest BCUT2D eigenvalue weighted by molar-refractivity contribution is 5.76. The maximum Gasteiger partial charge on any atom is 0.221 e. The van der Waals surface area contributed by atoms with E-state index in [0.29, 0.717) is 25.3 Å². The first-order valence-corrected chi connectivity index (χ1v) is 5.34. The molecule has 0 aliphatic carbocycles. The van der Waals surface area contributed by atoms with Gasteiger partial charge in [-0.05, 0) is 18.6 Å². The van der Waals surface area contributed by atoms with Crippen molar-refractivity contribution in [1.82, 2.24) is 10.3 Å². The fraction of sp³-hybridized carbons (Fsp3) is 0.455. The normalized spacial score (nSPS) is 9.88. The molecule has 1 aromatic rings. The van der Waals surface area contributed by atoms with E-state index in [4.69, 9.17) is 0 Å². The van der Waals surface area contributed by atoms with Gasteiger partial charge in [-0.15, -0.1) is 0 Å². The van der Waals surface area contributed by atoms with Gasteiger partial charge in [0.25, 0.3) is 0 Å². The van der Waals surface area contributed by atoms with Crippen molar-refractivity contribution in [1.29, 1.82) is 0 Å². The van der Waals surface area contributed by atoms with Crippen LogP contribution in [0.4, 0.5) is 10.2 Å². The number of carbonyl (C=O) groups is 1. The van der Waals surface area contributed by atoms with Crippen LogP contribution in [-0.4, -0.2) is 24.0 Å². The summed E-state index contributed by atoms with van der Waals surface area (Å²) in [4.78, 5) is 15.0. The lowest BCUT2D eigenvalue weighted by Gasteiger charge is -2.05. The number of anilines is 1. The lowest BCUT2D eigenvalue weighted by Crippen LogP contribution is -2.25. The van der Waals surface area contributed by atoms with Crippen molar-refractivity contribution in [2.75, 3.05) is 18.4 Å². The first-order valence-electron chi connectivity index (χ1n) is 5.34. The van der Waals surface area contributed by atoms with E-state index in [0.717, 1.165) is 12.6 Å². The van der Waals surface area contributed by atoms with Gasteiger partial charge in [0, 0.05) is 19.5 Å². The number of hydrogen-bond donors (Lipinski definition) is 2. The molecule has 5 heteroatoms. The Morgan fingerprint density at radius 3 is 2.88 bits per heavy atom. The fourth-order valence-corrected chi connectivity index (χ4v) is 1.14. The van der Waals surface area contributed by atoms with E-state index >= 15 is 0 Å². The number of carbonyl (C=O) groups excluding carboxylic acids is 1. The van der Waals surface area contributed by atoms with Crippen molar-refractivity contribution in [2.45, 2.75) is 19.8 Å². The molecular formula is C11H16FN3O. The van der Waals surface area contributed by atoms with Crippen molar-refractivity contribution in [3.63, 3.8) is 0 Å². The van der Waals surface area contributed by atoms with Crippen LogP contribution in [-0.2, 0) is 4.79 Å². The molecule has 1 heterocycles. The van der Waals surface area contributed by atoms with Gasteiger partial charge in [-0.3, -0.25) is 4.79 Å². The monoisotopic (exact) mass is 225 g/mol. The molecule has 0 atom stereocenters. The summed E-state index contributed by atoms with van der Waals surface area (Å²) >= 11 is 0. The first kappa shape index (κ1) is 12.4. The van der Waals surface area contributed by atoms with Crippen molar-refractivity contribution in [3.05, 3.63) is 24.1 Å². The summed E-state index contributed by atoms with van der Waals surface area (Å²) in [6, 6.07) is 2.87. The zero-order chi connectivity index (χ0) is 11.8. The number of halogens is 1. The molecule has 2 N–H and O–H groups in total. The van der Waals surface area contributed by atoms with Crippen molar-refractivity contribution in [3.8, 4) is 0 Å². The number of rotatable bonds is 6. The maximum atomic E-state index is 12.5. The van der Waals surface area contributed by atoms with E-state index in [1.165, 1.54) is 6.07 Å². The van der Waals surface area contributed by atoms with Crippen molar-refractivity contribution >= 4 is 11.7 Å². The summed E-state index contributed by atoms with van der Waals surface area (Å²) in [7, 11) is 0. The zero-order valence-corrected chi connectivity index (χ0v) is 9.29. The van der Waals surface area contributed by atoms with Gasteiger partial charge >= 0.3 is 0 Å². The molecule has 0 fully saturated rings. The molecule has 0 bridgehead atoms. The highest BCUT2D eigenvalue weighted by atomic mass is 19.1. The molecule has 4 nitrogen and oxygen atoms in total. The van der Waals surface area contributed by atoms with Gasteiger partial charge in [0.05, 0.1) is 6.20 Å². The fourth-order valence-electron chi connectivity index (χ4n) is 1.14. The van der Waals surface area contributed by atoms with Crippen molar-refractivity contribution < 1.29 is 9.18 Å². The number of hydrogen-bond acceptors (Lipinski definition) is 3. The second-order valence-corrected chi connectivity index (χ2v) is 3.39. The largest absolute Gasteiger partial charge is 0.370 e. The highest BCUT2D eigenvalue weighted by Gasteiger charge is 2.00. The Kier molecular flexibility index (Phi) is 5.25. The van der Waals surface area contributed by atoms with E-state index < -0.39 is 0 Å². The van der Waals surface area contributed by atoms with Crippen LogP contribution >= 0.6 is 0 Å². The van der Waals surface area contributed by atoms with Gasteiger partial charge in [0.1, 0.15) is 11.6 Å². The molecular weight excluding hydrogens is 209 g/mol. The van der Waals surface area contributed by atoms with Gasteiger partial charge in [-0.25, -0.2) is 9.37 Å². The second-order valence-electron chi connectivity index (χ2n) is 3.39. The number of nitrogens with zero attached hydrogens (tertiary/aromatic N) is 1. The predicted molar refractivity (Wildman–Crippen MR) is 60.6 cm³/mol. The number of amides is 1. The van der Waals surface area contributed by atoms with Gasteiger partial charge in [0.2, 0.25) is 5.91 Å². The lowest BCUT2D eigenvalue weighted by atomic mass is 10.3. The molecule has 0 aromatic carbocycles. The molecule has 1 aromatic heterocycles. The molecule has 1 amide bonds. The Bertz CT molecular complexity index is 327. The van der Waals surface area contributed by atoms with Crippen LogP contribution in [0, 0.1) is 5.82 Å². The summed E-state index contributed by atoms with van der Waals surface area (Å²) < 4.78 is 12.5. The highest BCUT2D eigenvalue weighted by Crippen LogP contribution is 2.02. The Morgan fingerprint density at radius 1 is 1.44 bits per heavy atom. The molecule has 0 unspecified atom stereocenters. The summed E-state index contributed by atoms with van der Waals surface area (Å²) in [5.74, 6) is 0.215. The summed E-state index contributed by atoms with van der Waals surface area (Å²) in [5.41, 5.74) is 0. The van der Waals surface area contributed by atoms with E-state index in [-0.39, 0.29) is 11.7 Å². The number of aromatic nitrogens is 1. The van der Waals surface area contributed by atoms with Gasteiger partial charge < -0.3 is 10.6 Å². The van der Waals surface area contributed by atoms with Crippen LogP contribution in [0.25, 0.3) is 0 Å². The number of nitrogens with one attached hydrogen (secondary N) is 2. The third kappa shape index (κ3) is 4.72. The summed E-state index contributed by atoms with van der Waals surface area (Å²) in [6.45, 7) is 3.20. The van der Waals surface area contributed by atoms with Crippen LogP contribution in [0.3, 0.4) is 0 Å². The molecule has 88 valence electrons. The van der Waals surface area contributed by atoms with Crippen LogP contribution in [0.5, 0.6) is 0 Å². The Labute approximate surface area is 94.3 Å². The quantitative estimate of drug-likeness (QED) is 0.772. The third-order valence-electron chi connectivity index (χ3n) is 1.96. The summed E-state index contributed by atoms with van der Waals surface area (Å²) in [6.07, 6.45) is 2.46. The van der Waals surface area contributed by atoms with E-state index in [2.05, 4.69) is 15.6 Å². The molecule has 0 saturated heterocycles. The minimum absolute atomic E-state index is 0.0106. The number of pyridine rings is 1. The van der Waals surface area contributed by atoms with Crippen LogP contribution in [0.1, 0.15) is 19.8 Å². The van der Waals surface area contributed by atoms with Gasteiger partial charge in [0.15, 0.2) is 0 Å². The van der Waals surface area contributed by atoms with Crippen LogP contribution < -0.4 is 10.6 Å². The van der Waals surface area contributed by atoms with Gasteiger partial charge in [-0.1, -0.05) is 6.92 Å². The Morgan fingerprint density at radius 2 is 2.25 bits per heavy atom. The molecule has 1 rings (SSSR count). The van der Waals surface area contributed by atoms with E-state index in [1.807, 2.05) is 6.92 Å². The average molecular weight is 225 g/mol. The minimum atomic E-state index is -0.369. The Hall–Kier alpha value is -1.65. The third-order valence-corrected chi connectivity index (χ3v) is 1.96. The van der Waals surface area contributed by atoms with E-state index in [1.54, 1.807) is 6.07 Å². The SMILES string of the molecule is CCCNC(=O)CCNc1ccc(F)cn1. The molecule has 16 heavy (non-hydrogen) atoms. The second kappa shape index (κ2) is 6.76. The average Bonchev–Trinajstić information content (AvgIpc) is 2.29.